The molecule has 0 radical (unpaired) electrons. The number of methoxy groups -OCH3 is 2. The van der Waals surface area contributed by atoms with Crippen LogP contribution in [0, 0.1) is 0 Å². The molecule has 5 heteroatoms. The van der Waals surface area contributed by atoms with Crippen LogP contribution in [0.5, 0.6) is 11.8 Å². The van der Waals surface area contributed by atoms with Gasteiger partial charge in [-0.05, 0) is 13.3 Å². The third kappa shape index (κ3) is 5.77. The summed E-state index contributed by atoms with van der Waals surface area (Å²) in [5, 5.41) is 3.29. The van der Waals surface area contributed by atoms with Crippen LogP contribution in [0.15, 0.2) is 6.07 Å². The van der Waals surface area contributed by atoms with Crippen LogP contribution in [-0.4, -0.2) is 30.2 Å². The van der Waals surface area contributed by atoms with Crippen LogP contribution in [0.2, 0.25) is 0 Å². The van der Waals surface area contributed by atoms with Gasteiger partial charge in [0.25, 0.3) is 0 Å². The molecule has 1 atom stereocenters. The first kappa shape index (κ1) is 15.5. The Labute approximate surface area is 115 Å². The number of nitrogens with one attached hydrogen (secondary N) is 1. The summed E-state index contributed by atoms with van der Waals surface area (Å²) in [6, 6.07) is 2.01. The zero-order valence-electron chi connectivity index (χ0n) is 12.4. The lowest BCUT2D eigenvalue weighted by Crippen LogP contribution is -2.17. The average molecular weight is 267 g/mol. The third-order valence-electron chi connectivity index (χ3n) is 2.96. The van der Waals surface area contributed by atoms with Gasteiger partial charge in [0.05, 0.1) is 20.3 Å². The van der Waals surface area contributed by atoms with Crippen LogP contribution in [0.1, 0.15) is 46.0 Å². The molecule has 0 aliphatic carbocycles. The molecule has 0 saturated carbocycles. The molecule has 1 unspecified atom stereocenters. The van der Waals surface area contributed by atoms with Crippen molar-refractivity contribution in [3.63, 3.8) is 0 Å². The second-order valence-corrected chi connectivity index (χ2v) is 4.67. The highest BCUT2D eigenvalue weighted by molar-refractivity contribution is 5.34. The monoisotopic (exact) mass is 267 g/mol. The number of hydrogen-bond donors (Lipinski definition) is 1. The first-order chi connectivity index (χ1) is 9.19. The molecule has 0 aromatic carbocycles. The molecular formula is C14H25N3O2. The van der Waals surface area contributed by atoms with Gasteiger partial charge in [-0.15, -0.1) is 0 Å². The Morgan fingerprint density at radius 3 is 2.26 bits per heavy atom. The normalized spacial score (nSPS) is 12.0. The first-order valence-corrected chi connectivity index (χ1v) is 6.93. The Morgan fingerprint density at radius 2 is 1.74 bits per heavy atom. The fraction of sp³-hybridized carbons (Fsp3) is 0.714. The maximum Gasteiger partial charge on any atom is 0.229 e. The minimum atomic E-state index is 0.341. The highest BCUT2D eigenvalue weighted by Gasteiger charge is 2.08. The molecule has 0 fully saturated rings. The molecule has 1 N–H and O–H groups in total. The molecule has 0 aliphatic heterocycles. The van der Waals surface area contributed by atoms with E-state index in [1.54, 1.807) is 20.3 Å². The highest BCUT2D eigenvalue weighted by Crippen LogP contribution is 2.18. The van der Waals surface area contributed by atoms with E-state index in [0.29, 0.717) is 23.8 Å². The lowest BCUT2D eigenvalue weighted by molar-refractivity contribution is 0.372. The Balaban J connectivity index is 2.50. The summed E-state index contributed by atoms with van der Waals surface area (Å²) < 4.78 is 10.2. The largest absolute Gasteiger partial charge is 0.481 e. The van der Waals surface area contributed by atoms with Gasteiger partial charge in [0.2, 0.25) is 17.7 Å². The number of nitrogens with zero attached hydrogens (tertiary/aromatic N) is 2. The molecule has 1 heterocycles. The van der Waals surface area contributed by atoms with Crippen molar-refractivity contribution in [2.24, 2.45) is 0 Å². The highest BCUT2D eigenvalue weighted by atomic mass is 16.5. The molecule has 5 nitrogen and oxygen atoms in total. The number of rotatable bonds is 9. The molecule has 0 aliphatic rings. The molecule has 0 bridgehead atoms. The number of hydrogen-bond acceptors (Lipinski definition) is 5. The fourth-order valence-electron chi connectivity index (χ4n) is 1.85. The summed E-state index contributed by atoms with van der Waals surface area (Å²) >= 11 is 0. The van der Waals surface area contributed by atoms with E-state index < -0.39 is 0 Å². The summed E-state index contributed by atoms with van der Waals surface area (Å²) in [4.78, 5) is 8.52. The smallest absolute Gasteiger partial charge is 0.229 e. The van der Waals surface area contributed by atoms with Crippen molar-refractivity contribution in [2.45, 2.75) is 52.0 Å². The standard InChI is InChI=1S/C14H25N3O2/c1-5-6-7-8-9-11(2)15-14-16-12(18-3)10-13(17-14)19-4/h10-11H,5-9H2,1-4H3,(H,15,16,17). The average Bonchev–Trinajstić information content (AvgIpc) is 2.43. The van der Waals surface area contributed by atoms with Gasteiger partial charge in [0.15, 0.2) is 0 Å². The van der Waals surface area contributed by atoms with Crippen molar-refractivity contribution in [1.82, 2.24) is 9.97 Å². The maximum atomic E-state index is 5.12. The quantitative estimate of drug-likeness (QED) is 0.696. The number of anilines is 1. The Bertz CT molecular complexity index is 349. The van der Waals surface area contributed by atoms with E-state index in [4.69, 9.17) is 9.47 Å². The van der Waals surface area contributed by atoms with Gasteiger partial charge >= 0.3 is 0 Å². The molecule has 1 aromatic heterocycles. The molecular weight excluding hydrogens is 242 g/mol. The van der Waals surface area contributed by atoms with E-state index in [0.717, 1.165) is 6.42 Å². The Hall–Kier alpha value is -1.52. The second kappa shape index (κ2) is 8.56. The van der Waals surface area contributed by atoms with Crippen molar-refractivity contribution in [3.8, 4) is 11.8 Å². The van der Waals surface area contributed by atoms with Crippen molar-refractivity contribution >= 4 is 5.95 Å². The Morgan fingerprint density at radius 1 is 1.11 bits per heavy atom. The van der Waals surface area contributed by atoms with Gasteiger partial charge in [-0.1, -0.05) is 32.6 Å². The molecule has 1 aromatic rings. The summed E-state index contributed by atoms with van der Waals surface area (Å²) in [5.74, 6) is 1.57. The Kier molecular flexibility index (Phi) is 7.00. The molecule has 1 rings (SSSR count). The third-order valence-corrected chi connectivity index (χ3v) is 2.96. The second-order valence-electron chi connectivity index (χ2n) is 4.67. The molecule has 0 saturated heterocycles. The topological polar surface area (TPSA) is 56.3 Å². The SMILES string of the molecule is CCCCCCC(C)Nc1nc(OC)cc(OC)n1. The van der Waals surface area contributed by atoms with E-state index >= 15 is 0 Å². The lowest BCUT2D eigenvalue weighted by Gasteiger charge is -2.14. The number of aromatic nitrogens is 2. The van der Waals surface area contributed by atoms with Gasteiger partial charge in [0, 0.05) is 6.04 Å². The fourth-order valence-corrected chi connectivity index (χ4v) is 1.85. The molecule has 108 valence electrons. The minimum absolute atomic E-state index is 0.341. The first-order valence-electron chi connectivity index (χ1n) is 6.93. The number of unbranched alkanes of at least 4 members (excludes halogenated alkanes) is 3. The maximum absolute atomic E-state index is 5.12. The van der Waals surface area contributed by atoms with Crippen molar-refractivity contribution in [3.05, 3.63) is 6.07 Å². The van der Waals surface area contributed by atoms with Crippen molar-refractivity contribution < 1.29 is 9.47 Å². The zero-order valence-corrected chi connectivity index (χ0v) is 12.4. The van der Waals surface area contributed by atoms with E-state index in [9.17, 15) is 0 Å². The predicted octanol–water partition coefficient (Wildman–Crippen LogP) is 3.26. The minimum Gasteiger partial charge on any atom is -0.481 e. The van der Waals surface area contributed by atoms with Crippen LogP contribution in [0.4, 0.5) is 5.95 Å². The van der Waals surface area contributed by atoms with Gasteiger partial charge in [-0.3, -0.25) is 0 Å². The van der Waals surface area contributed by atoms with Crippen LogP contribution >= 0.6 is 0 Å². The van der Waals surface area contributed by atoms with Crippen molar-refractivity contribution in [1.29, 1.82) is 0 Å². The van der Waals surface area contributed by atoms with Gasteiger partial charge < -0.3 is 14.8 Å². The van der Waals surface area contributed by atoms with E-state index in [1.807, 2.05) is 0 Å². The van der Waals surface area contributed by atoms with Crippen molar-refractivity contribution in [2.75, 3.05) is 19.5 Å². The predicted molar refractivity (Wildman–Crippen MR) is 77.0 cm³/mol. The summed E-state index contributed by atoms with van der Waals surface area (Å²) in [7, 11) is 3.17. The summed E-state index contributed by atoms with van der Waals surface area (Å²) in [6.07, 6.45) is 6.19. The van der Waals surface area contributed by atoms with Gasteiger partial charge in [0.1, 0.15) is 0 Å². The van der Waals surface area contributed by atoms with Gasteiger partial charge in [-0.2, -0.15) is 9.97 Å². The summed E-state index contributed by atoms with van der Waals surface area (Å²) in [6.45, 7) is 4.36. The van der Waals surface area contributed by atoms with Crippen LogP contribution in [0.3, 0.4) is 0 Å². The van der Waals surface area contributed by atoms with E-state index in [-0.39, 0.29) is 0 Å². The van der Waals surface area contributed by atoms with Gasteiger partial charge in [-0.25, -0.2) is 0 Å². The molecule has 0 spiro atoms. The molecule has 19 heavy (non-hydrogen) atoms. The zero-order chi connectivity index (χ0) is 14.1. The van der Waals surface area contributed by atoms with E-state index in [2.05, 4.69) is 29.1 Å². The molecule has 0 amide bonds. The van der Waals surface area contributed by atoms with Crippen LogP contribution < -0.4 is 14.8 Å². The summed E-state index contributed by atoms with van der Waals surface area (Å²) in [5.41, 5.74) is 0. The van der Waals surface area contributed by atoms with Crippen LogP contribution in [0.25, 0.3) is 0 Å². The van der Waals surface area contributed by atoms with E-state index in [1.165, 1.54) is 25.7 Å². The number of ether oxygens (including phenoxy) is 2. The lowest BCUT2D eigenvalue weighted by atomic mass is 10.1. The van der Waals surface area contributed by atoms with Crippen LogP contribution in [-0.2, 0) is 0 Å².